The Hall–Kier alpha value is -7.30. The number of hydrogen-bond donors (Lipinski definition) is 3. The molecule has 20 nitrogen and oxygen atoms in total. The fourth-order valence-corrected chi connectivity index (χ4v) is 8.90. The van der Waals surface area contributed by atoms with Crippen LogP contribution in [0.15, 0.2) is 48.8 Å². The number of benzene rings is 2. The second-order valence-electron chi connectivity index (χ2n) is 18.6. The van der Waals surface area contributed by atoms with Crippen LogP contribution < -0.4 is 10.6 Å². The molecule has 6 aromatic rings. The fourth-order valence-electron chi connectivity index (χ4n) is 8.42. The number of esters is 4. The van der Waals surface area contributed by atoms with Crippen molar-refractivity contribution in [3.05, 3.63) is 125 Å². The first kappa shape index (κ1) is 50.6. The predicted molar refractivity (Wildman–Crippen MR) is 258 cm³/mol. The van der Waals surface area contributed by atoms with Gasteiger partial charge in [-0.25, -0.2) is 43.0 Å². The summed E-state index contributed by atoms with van der Waals surface area (Å²) in [5, 5.41) is 23.7. The van der Waals surface area contributed by atoms with Crippen LogP contribution >= 0.6 is 22.6 Å². The third-order valence-corrected chi connectivity index (χ3v) is 12.4. The Kier molecular flexibility index (Phi) is 14.2. The number of aromatic nitrogens is 6. The highest BCUT2D eigenvalue weighted by molar-refractivity contribution is 14.1. The third kappa shape index (κ3) is 10.3. The topological polar surface area (TPSA) is 261 Å². The first-order valence-electron chi connectivity index (χ1n) is 22.1. The molecule has 0 aliphatic heterocycles. The number of nitrogens with one attached hydrogen (secondary N) is 2. The molecular formula is C49H51IN8O12. The molecule has 70 heavy (non-hydrogen) atoms. The molecular weight excluding hydrogens is 1020 g/mol. The van der Waals surface area contributed by atoms with E-state index in [1.165, 1.54) is 23.8 Å². The molecule has 2 atom stereocenters. The SMILES string of the molecule is COC(=O)c1cc(C(=O)N[C@H]2CCc3c2ccc(C(=O)OC(C)(C)C)c3C)n2ncc(C(=O)O)c2n1.COC(=O)c1cc(C(=O)N[C@H]2CCc3c2ccc(C(=O)OC(C)(C)C)c3C)n2ncc(I)c2n1. The molecule has 0 unspecified atom stereocenters. The molecule has 2 amide bonds. The lowest BCUT2D eigenvalue weighted by Gasteiger charge is -2.21. The largest absolute Gasteiger partial charge is 0.477 e. The number of carboxylic acids is 1. The molecule has 8 rings (SSSR count). The number of halogens is 1. The highest BCUT2D eigenvalue weighted by atomic mass is 127. The van der Waals surface area contributed by atoms with Gasteiger partial charge in [-0.2, -0.15) is 10.2 Å². The molecule has 2 aliphatic rings. The van der Waals surface area contributed by atoms with E-state index >= 15 is 0 Å². The van der Waals surface area contributed by atoms with Crippen molar-refractivity contribution in [2.75, 3.05) is 14.2 Å². The van der Waals surface area contributed by atoms with Crippen molar-refractivity contribution >= 4 is 75.5 Å². The van der Waals surface area contributed by atoms with Crippen LogP contribution in [0.25, 0.3) is 11.3 Å². The minimum Gasteiger partial charge on any atom is -0.477 e. The molecule has 3 N–H and O–H groups in total. The Morgan fingerprint density at radius 3 is 1.46 bits per heavy atom. The fraction of sp³-hybridized carbons (Fsp3) is 0.367. The van der Waals surface area contributed by atoms with Gasteiger partial charge in [-0.1, -0.05) is 12.1 Å². The Labute approximate surface area is 415 Å². The monoisotopic (exact) mass is 1070 g/mol. The maximum absolute atomic E-state index is 13.3. The Morgan fingerprint density at radius 2 is 1.04 bits per heavy atom. The van der Waals surface area contributed by atoms with Crippen molar-refractivity contribution in [1.29, 1.82) is 0 Å². The standard InChI is InChI=1S/C25H26N4O7.C24H25IN4O5/c1-12-13-8-9-17(15(13)7-6-14(12)23(33)36-25(2,3)4)28-21(30)19-10-18(24(34)35-5)27-20-16(22(31)32)11-26-29(19)20;1-12-13-8-9-17(15(13)7-6-14(12)22(31)34-24(2,3)4)28-21(30)19-10-18(23(32)33-5)27-20-16(25)11-26-29(19)20/h6-7,10-11,17H,8-9H2,1-5H3,(H,28,30)(H,31,32);6-7,10-11,17H,8-9H2,1-5H3,(H,28,30)/t2*17-/m00/s1. The van der Waals surface area contributed by atoms with Crippen molar-refractivity contribution < 1.29 is 57.6 Å². The summed E-state index contributed by atoms with van der Waals surface area (Å²) < 4.78 is 23.7. The van der Waals surface area contributed by atoms with Crippen LogP contribution in [0.2, 0.25) is 0 Å². The molecule has 4 aromatic heterocycles. The Bertz CT molecular complexity index is 3160. The van der Waals surface area contributed by atoms with Crippen molar-refractivity contribution in [3.63, 3.8) is 0 Å². The van der Waals surface area contributed by atoms with E-state index in [1.807, 2.05) is 63.3 Å². The molecule has 2 aliphatic carbocycles. The van der Waals surface area contributed by atoms with Gasteiger partial charge in [-0.3, -0.25) is 9.59 Å². The highest BCUT2D eigenvalue weighted by Crippen LogP contribution is 2.37. The Balaban J connectivity index is 0.000000207. The second-order valence-corrected chi connectivity index (χ2v) is 19.8. The molecule has 4 heterocycles. The summed E-state index contributed by atoms with van der Waals surface area (Å²) in [5.41, 5.74) is 5.24. The zero-order valence-electron chi connectivity index (χ0n) is 40.1. The van der Waals surface area contributed by atoms with Crippen molar-refractivity contribution in [1.82, 2.24) is 39.8 Å². The summed E-state index contributed by atoms with van der Waals surface area (Å²) in [6.07, 6.45) is 5.29. The van der Waals surface area contributed by atoms with Gasteiger partial charge in [-0.05, 0) is 149 Å². The summed E-state index contributed by atoms with van der Waals surface area (Å²) in [4.78, 5) is 95.9. The molecule has 0 radical (unpaired) electrons. The van der Waals surface area contributed by atoms with E-state index in [0.29, 0.717) is 39.6 Å². The molecule has 366 valence electrons. The van der Waals surface area contributed by atoms with E-state index in [-0.39, 0.29) is 57.9 Å². The van der Waals surface area contributed by atoms with Gasteiger partial charge in [-0.15, -0.1) is 0 Å². The van der Waals surface area contributed by atoms with Crippen LogP contribution in [-0.4, -0.2) is 101 Å². The third-order valence-electron chi connectivity index (χ3n) is 11.6. The van der Waals surface area contributed by atoms with E-state index in [0.717, 1.165) is 57.6 Å². The summed E-state index contributed by atoms with van der Waals surface area (Å²) in [6, 6.07) is 9.11. The Morgan fingerprint density at radius 1 is 0.629 bits per heavy atom. The zero-order valence-corrected chi connectivity index (χ0v) is 42.3. The first-order chi connectivity index (χ1) is 32.9. The molecule has 0 fully saturated rings. The van der Waals surface area contributed by atoms with Crippen molar-refractivity contribution in [2.45, 2.75) is 104 Å². The lowest BCUT2D eigenvalue weighted by Crippen LogP contribution is -2.30. The van der Waals surface area contributed by atoms with Gasteiger partial charge in [0.1, 0.15) is 28.2 Å². The maximum atomic E-state index is 13.3. The number of hydrogen-bond acceptors (Lipinski definition) is 15. The van der Waals surface area contributed by atoms with Gasteiger partial charge >= 0.3 is 29.8 Å². The number of carboxylic acid groups (broad SMARTS) is 1. The number of nitrogens with zero attached hydrogens (tertiary/aromatic N) is 6. The van der Waals surface area contributed by atoms with Crippen LogP contribution in [-0.2, 0) is 31.8 Å². The van der Waals surface area contributed by atoms with E-state index < -0.39 is 41.0 Å². The number of carbonyl (C=O) groups excluding carboxylic acids is 6. The van der Waals surface area contributed by atoms with Crippen LogP contribution in [0.5, 0.6) is 0 Å². The number of carbonyl (C=O) groups is 7. The molecule has 0 spiro atoms. The second kappa shape index (κ2) is 19.6. The van der Waals surface area contributed by atoms with E-state index in [1.54, 1.807) is 45.2 Å². The summed E-state index contributed by atoms with van der Waals surface area (Å²) in [5.74, 6) is -4.47. The zero-order chi connectivity index (χ0) is 51.1. The molecule has 2 aromatic carbocycles. The summed E-state index contributed by atoms with van der Waals surface area (Å²) in [7, 11) is 2.42. The van der Waals surface area contributed by atoms with E-state index in [9.17, 15) is 38.7 Å². The summed E-state index contributed by atoms with van der Waals surface area (Å²) in [6.45, 7) is 14.7. The predicted octanol–water partition coefficient (Wildman–Crippen LogP) is 6.70. The number of ether oxygens (including phenoxy) is 4. The molecule has 0 saturated heterocycles. The van der Waals surface area contributed by atoms with E-state index in [2.05, 4.69) is 30.8 Å². The number of methoxy groups -OCH3 is 2. The van der Waals surface area contributed by atoms with Gasteiger partial charge in [0.15, 0.2) is 22.7 Å². The molecule has 0 saturated carbocycles. The van der Waals surface area contributed by atoms with Crippen LogP contribution in [0.4, 0.5) is 0 Å². The van der Waals surface area contributed by atoms with Gasteiger partial charge in [0.2, 0.25) is 0 Å². The van der Waals surface area contributed by atoms with Gasteiger partial charge in [0.25, 0.3) is 11.8 Å². The van der Waals surface area contributed by atoms with Gasteiger partial charge < -0.3 is 34.7 Å². The van der Waals surface area contributed by atoms with Crippen molar-refractivity contribution in [3.8, 4) is 0 Å². The lowest BCUT2D eigenvalue weighted by atomic mass is 9.97. The van der Waals surface area contributed by atoms with Crippen LogP contribution in [0.1, 0.15) is 173 Å². The highest BCUT2D eigenvalue weighted by Gasteiger charge is 2.33. The van der Waals surface area contributed by atoms with Crippen molar-refractivity contribution in [2.24, 2.45) is 0 Å². The van der Waals surface area contributed by atoms with Gasteiger partial charge in [0, 0.05) is 12.1 Å². The van der Waals surface area contributed by atoms with E-state index in [4.69, 9.17) is 18.9 Å². The average molecular weight is 1070 g/mol. The smallest absolute Gasteiger partial charge is 0.356 e. The quantitative estimate of drug-likeness (QED) is 0.0773. The number of fused-ring (bicyclic) bond motifs is 4. The maximum Gasteiger partial charge on any atom is 0.356 e. The normalized spacial score (nSPS) is 15.0. The minimum absolute atomic E-state index is 0.0308. The van der Waals surface area contributed by atoms with Crippen LogP contribution in [0.3, 0.4) is 0 Å². The lowest BCUT2D eigenvalue weighted by molar-refractivity contribution is 0.00559. The molecule has 0 bridgehead atoms. The number of amides is 2. The summed E-state index contributed by atoms with van der Waals surface area (Å²) >= 11 is 2.05. The molecule has 21 heteroatoms. The number of rotatable bonds is 9. The number of aromatic carboxylic acids is 1. The first-order valence-corrected chi connectivity index (χ1v) is 23.1. The minimum atomic E-state index is -1.30. The van der Waals surface area contributed by atoms with Gasteiger partial charge in [0.05, 0.1) is 53.4 Å². The average Bonchev–Trinajstić information content (AvgIpc) is 4.10. The van der Waals surface area contributed by atoms with Crippen LogP contribution in [0, 0.1) is 17.4 Å².